The maximum absolute atomic E-state index is 12.1. The van der Waals surface area contributed by atoms with Crippen molar-refractivity contribution in [3.05, 3.63) is 65.7 Å². The zero-order valence-corrected chi connectivity index (χ0v) is 13.7. The molecular formula is C18H14F3N3O3. The number of carbonyl (C=O) groups is 1. The number of nitrogens with zero attached hydrogens (tertiary/aromatic N) is 2. The van der Waals surface area contributed by atoms with Gasteiger partial charge < -0.3 is 15.6 Å². The van der Waals surface area contributed by atoms with Crippen molar-refractivity contribution < 1.29 is 27.8 Å². The maximum atomic E-state index is 12.1. The van der Waals surface area contributed by atoms with Gasteiger partial charge in [-0.15, -0.1) is 13.2 Å². The second-order valence-corrected chi connectivity index (χ2v) is 5.09. The number of rotatable bonds is 6. The molecule has 2 rings (SSSR count). The Morgan fingerprint density at radius 2 is 1.70 bits per heavy atom. The fraction of sp³-hybridized carbons (Fsp3) is 0.0556. The molecule has 0 fully saturated rings. The molecule has 0 aliphatic rings. The summed E-state index contributed by atoms with van der Waals surface area (Å²) in [5.74, 6) is -1.22. The van der Waals surface area contributed by atoms with Gasteiger partial charge in [0.25, 0.3) is 0 Å². The van der Waals surface area contributed by atoms with Crippen LogP contribution in [0.15, 0.2) is 64.6 Å². The molecule has 0 spiro atoms. The summed E-state index contributed by atoms with van der Waals surface area (Å²) in [7, 11) is 0. The lowest BCUT2D eigenvalue weighted by molar-refractivity contribution is -0.274. The Bertz CT molecular complexity index is 871. The number of hydrogen-bond donors (Lipinski definition) is 2. The van der Waals surface area contributed by atoms with E-state index in [1.807, 2.05) is 0 Å². The van der Waals surface area contributed by atoms with Crippen molar-refractivity contribution in [2.75, 3.05) is 0 Å². The van der Waals surface area contributed by atoms with Crippen LogP contribution in [0.3, 0.4) is 0 Å². The first-order valence-corrected chi connectivity index (χ1v) is 7.46. The van der Waals surface area contributed by atoms with Gasteiger partial charge in [-0.1, -0.05) is 24.3 Å². The smallest absolute Gasteiger partial charge is 0.478 e. The molecule has 27 heavy (non-hydrogen) atoms. The third-order valence-electron chi connectivity index (χ3n) is 3.10. The molecule has 0 unspecified atom stereocenters. The average Bonchev–Trinajstić information content (AvgIpc) is 2.60. The Morgan fingerprint density at radius 1 is 1.07 bits per heavy atom. The van der Waals surface area contributed by atoms with Gasteiger partial charge in [0, 0.05) is 11.6 Å². The number of alkyl halides is 3. The molecule has 9 heteroatoms. The Morgan fingerprint density at radius 3 is 2.26 bits per heavy atom. The fourth-order valence-corrected chi connectivity index (χ4v) is 1.90. The van der Waals surface area contributed by atoms with Gasteiger partial charge in [0.15, 0.2) is 0 Å². The summed E-state index contributed by atoms with van der Waals surface area (Å²) < 4.78 is 40.0. The highest BCUT2D eigenvalue weighted by atomic mass is 19.4. The molecule has 0 aromatic heterocycles. The molecular weight excluding hydrogens is 363 g/mol. The van der Waals surface area contributed by atoms with Gasteiger partial charge in [0.05, 0.1) is 5.69 Å². The first kappa shape index (κ1) is 19.7. The van der Waals surface area contributed by atoms with E-state index in [1.165, 1.54) is 24.5 Å². The predicted molar refractivity (Wildman–Crippen MR) is 95.1 cm³/mol. The summed E-state index contributed by atoms with van der Waals surface area (Å²) in [5, 5.41) is 8.58. The van der Waals surface area contributed by atoms with Crippen LogP contribution in [0.2, 0.25) is 0 Å². The van der Waals surface area contributed by atoms with E-state index in [0.717, 1.165) is 18.2 Å². The van der Waals surface area contributed by atoms with E-state index in [-0.39, 0.29) is 11.6 Å². The SMILES string of the molecule is NC(=NC=Nc1ccc(OC(F)(F)F)cc1)c1ccc(/C=C/C(=O)O)cc1. The van der Waals surface area contributed by atoms with E-state index in [4.69, 9.17) is 10.8 Å². The summed E-state index contributed by atoms with van der Waals surface area (Å²) in [4.78, 5) is 18.4. The maximum Gasteiger partial charge on any atom is 0.573 e. The van der Waals surface area contributed by atoms with Crippen molar-refractivity contribution in [2.45, 2.75) is 6.36 Å². The van der Waals surface area contributed by atoms with E-state index < -0.39 is 12.3 Å². The molecule has 2 aromatic rings. The van der Waals surface area contributed by atoms with Crippen LogP contribution in [0.4, 0.5) is 18.9 Å². The second kappa shape index (κ2) is 8.65. The van der Waals surface area contributed by atoms with Crippen LogP contribution in [0.5, 0.6) is 5.75 Å². The number of aliphatic carboxylic acids is 1. The third kappa shape index (κ3) is 7.02. The third-order valence-corrected chi connectivity index (χ3v) is 3.10. The Hall–Kier alpha value is -3.62. The number of nitrogens with two attached hydrogens (primary N) is 1. The zero-order chi connectivity index (χ0) is 19.9. The number of halogens is 3. The zero-order valence-electron chi connectivity index (χ0n) is 13.7. The number of ether oxygens (including phenoxy) is 1. The molecule has 0 radical (unpaired) electrons. The molecule has 0 atom stereocenters. The number of carboxylic acids is 1. The van der Waals surface area contributed by atoms with Gasteiger partial charge in [-0.2, -0.15) is 0 Å². The van der Waals surface area contributed by atoms with Gasteiger partial charge in [-0.25, -0.2) is 14.8 Å². The van der Waals surface area contributed by atoms with Crippen LogP contribution in [0.25, 0.3) is 6.08 Å². The molecule has 6 nitrogen and oxygen atoms in total. The van der Waals surface area contributed by atoms with Gasteiger partial charge in [-0.05, 0) is 35.9 Å². The van der Waals surface area contributed by atoms with Crippen molar-refractivity contribution in [2.24, 2.45) is 15.7 Å². The van der Waals surface area contributed by atoms with E-state index in [0.29, 0.717) is 16.8 Å². The highest BCUT2D eigenvalue weighted by Crippen LogP contribution is 2.24. The fourth-order valence-electron chi connectivity index (χ4n) is 1.90. The van der Waals surface area contributed by atoms with Crippen LogP contribution >= 0.6 is 0 Å². The molecule has 3 N–H and O–H groups in total. The molecule has 0 bridgehead atoms. The standard InChI is InChI=1S/C18H14F3N3O3/c19-18(20,21)27-15-8-6-14(7-9-15)23-11-24-17(22)13-4-1-12(2-5-13)3-10-16(25)26/h1-11H,(H,25,26)(H2,22,23,24)/b10-3+. The van der Waals surface area contributed by atoms with Crippen molar-refractivity contribution in [1.29, 1.82) is 0 Å². The first-order chi connectivity index (χ1) is 12.7. The molecule has 0 heterocycles. The highest BCUT2D eigenvalue weighted by molar-refractivity contribution is 6.01. The van der Waals surface area contributed by atoms with Crippen LogP contribution < -0.4 is 10.5 Å². The Balaban J connectivity index is 2.01. The van der Waals surface area contributed by atoms with Gasteiger partial charge in [-0.3, -0.25) is 0 Å². The van der Waals surface area contributed by atoms with Crippen LogP contribution in [-0.2, 0) is 4.79 Å². The van der Waals surface area contributed by atoms with Crippen molar-refractivity contribution in [3.8, 4) is 5.75 Å². The monoisotopic (exact) mass is 377 g/mol. The summed E-state index contributed by atoms with van der Waals surface area (Å²) in [5.41, 5.74) is 7.48. The number of amidine groups is 1. The average molecular weight is 377 g/mol. The molecule has 0 aliphatic carbocycles. The quantitative estimate of drug-likeness (QED) is 0.455. The first-order valence-electron chi connectivity index (χ1n) is 7.46. The summed E-state index contributed by atoms with van der Waals surface area (Å²) >= 11 is 0. The van der Waals surface area contributed by atoms with Crippen LogP contribution in [0, 0.1) is 0 Å². The van der Waals surface area contributed by atoms with Crippen LogP contribution in [0.1, 0.15) is 11.1 Å². The molecule has 0 saturated heterocycles. The normalized spacial score (nSPS) is 12.6. The number of aliphatic imine (C=N–C) groups is 2. The Labute approximate surface area is 152 Å². The summed E-state index contributed by atoms with van der Waals surface area (Å²) in [6.07, 6.45) is -1.12. The second-order valence-electron chi connectivity index (χ2n) is 5.09. The number of carboxylic acid groups (broad SMARTS) is 1. The molecule has 140 valence electrons. The summed E-state index contributed by atoms with van der Waals surface area (Å²) in [6.45, 7) is 0. The van der Waals surface area contributed by atoms with Crippen molar-refractivity contribution >= 4 is 29.9 Å². The van der Waals surface area contributed by atoms with Crippen molar-refractivity contribution in [1.82, 2.24) is 0 Å². The number of hydrogen-bond acceptors (Lipinski definition) is 3. The lowest BCUT2D eigenvalue weighted by Gasteiger charge is -2.08. The Kier molecular flexibility index (Phi) is 6.32. The topological polar surface area (TPSA) is 97.3 Å². The minimum Gasteiger partial charge on any atom is -0.478 e. The van der Waals surface area contributed by atoms with E-state index in [2.05, 4.69) is 14.7 Å². The minimum absolute atomic E-state index is 0.171. The van der Waals surface area contributed by atoms with E-state index >= 15 is 0 Å². The molecule has 2 aromatic carbocycles. The predicted octanol–water partition coefficient (Wildman–Crippen LogP) is 3.75. The molecule has 0 amide bonds. The van der Waals surface area contributed by atoms with Crippen LogP contribution in [-0.4, -0.2) is 29.6 Å². The van der Waals surface area contributed by atoms with Crippen molar-refractivity contribution in [3.63, 3.8) is 0 Å². The van der Waals surface area contributed by atoms with Gasteiger partial charge >= 0.3 is 12.3 Å². The lowest BCUT2D eigenvalue weighted by atomic mass is 10.1. The summed E-state index contributed by atoms with van der Waals surface area (Å²) in [6, 6.07) is 11.6. The highest BCUT2D eigenvalue weighted by Gasteiger charge is 2.30. The number of benzene rings is 2. The van der Waals surface area contributed by atoms with E-state index in [1.54, 1.807) is 24.3 Å². The minimum atomic E-state index is -4.75. The lowest BCUT2D eigenvalue weighted by Crippen LogP contribution is -2.16. The van der Waals surface area contributed by atoms with E-state index in [9.17, 15) is 18.0 Å². The molecule has 0 aliphatic heterocycles. The van der Waals surface area contributed by atoms with Gasteiger partial charge in [0.1, 0.15) is 17.9 Å². The van der Waals surface area contributed by atoms with Gasteiger partial charge in [0.2, 0.25) is 0 Å². The molecule has 0 saturated carbocycles. The largest absolute Gasteiger partial charge is 0.573 e.